The summed E-state index contributed by atoms with van der Waals surface area (Å²) in [7, 11) is 0. The van der Waals surface area contributed by atoms with Crippen LogP contribution < -0.4 is 0 Å². The van der Waals surface area contributed by atoms with Gasteiger partial charge in [0.05, 0.1) is 0 Å². The first-order chi connectivity index (χ1) is 4.47. The topological polar surface area (TPSA) is 13.1 Å². The normalized spacial score (nSPS) is 9.78. The van der Waals surface area contributed by atoms with Crippen molar-refractivity contribution in [2.24, 2.45) is 0 Å². The van der Waals surface area contributed by atoms with Crippen LogP contribution in [-0.2, 0) is 0 Å². The van der Waals surface area contributed by atoms with E-state index < -0.39 is 0 Å². The summed E-state index contributed by atoms with van der Waals surface area (Å²) in [4.78, 5) is 0. The molecule has 1 nitrogen and oxygen atoms in total. The second-order valence-corrected chi connectivity index (χ2v) is 1.87. The Kier molecular flexibility index (Phi) is 0.920. The van der Waals surface area contributed by atoms with Crippen LogP contribution in [0.25, 0.3) is 10.9 Å². The van der Waals surface area contributed by atoms with Gasteiger partial charge in [-0.1, -0.05) is 0 Å². The standard InChI is InChI=1S/C7H4BO/c1-2-4-7-6(3-1)8-5-9-7/h1-2,4-5H. The second kappa shape index (κ2) is 1.73. The quantitative estimate of drug-likeness (QED) is 0.507. The summed E-state index contributed by atoms with van der Waals surface area (Å²) in [6.07, 6.45) is 1.67. The Morgan fingerprint density at radius 3 is 3.44 bits per heavy atom. The number of benzene rings is 1. The Morgan fingerprint density at radius 2 is 2.56 bits per heavy atom. The van der Waals surface area contributed by atoms with Crippen molar-refractivity contribution >= 4 is 17.8 Å². The van der Waals surface area contributed by atoms with Gasteiger partial charge >= 0.3 is 52.6 Å². The molecule has 0 aliphatic rings. The minimum absolute atomic E-state index is 0.900. The fourth-order valence-corrected chi connectivity index (χ4v) is 0.843. The van der Waals surface area contributed by atoms with Gasteiger partial charge in [-0.05, 0) is 0 Å². The molecule has 1 radical (unpaired) electrons. The van der Waals surface area contributed by atoms with E-state index in [1.807, 2.05) is 25.1 Å². The van der Waals surface area contributed by atoms with Crippen LogP contribution in [0.5, 0.6) is 0 Å². The average molecular weight is 115 g/mol. The second-order valence-electron chi connectivity index (χ2n) is 1.87. The number of hydrogen-bond acceptors (Lipinski definition) is 1. The molecule has 0 amide bonds. The molecule has 0 N–H and O–H groups in total. The van der Waals surface area contributed by atoms with E-state index in [2.05, 4.69) is 6.07 Å². The molecule has 1 aromatic carbocycles. The van der Waals surface area contributed by atoms with Crippen molar-refractivity contribution in [2.45, 2.75) is 0 Å². The van der Waals surface area contributed by atoms with Crippen LogP contribution in [0, 0.1) is 6.07 Å². The van der Waals surface area contributed by atoms with Gasteiger partial charge in [0, 0.05) is 0 Å². The molecule has 9 heavy (non-hydrogen) atoms. The summed E-state index contributed by atoms with van der Waals surface area (Å²) in [6, 6.07) is 8.74. The predicted octanol–water partition coefficient (Wildman–Crippen LogP) is 1.57. The van der Waals surface area contributed by atoms with Crippen molar-refractivity contribution in [3.63, 3.8) is 0 Å². The van der Waals surface area contributed by atoms with E-state index in [0.29, 0.717) is 0 Å². The zero-order chi connectivity index (χ0) is 6.10. The molecule has 0 unspecified atom stereocenters. The molecule has 0 aliphatic carbocycles. The molecule has 0 bridgehead atoms. The van der Waals surface area contributed by atoms with Crippen molar-refractivity contribution in [1.82, 2.24) is 0 Å². The molecule has 0 saturated heterocycles. The van der Waals surface area contributed by atoms with E-state index in [-0.39, 0.29) is 0 Å². The van der Waals surface area contributed by atoms with Crippen LogP contribution in [0.3, 0.4) is 0 Å². The minimum atomic E-state index is 0.900. The first-order valence-corrected chi connectivity index (χ1v) is 2.81. The molecule has 2 rings (SSSR count). The monoisotopic (exact) mass is 115 g/mol. The first-order valence-electron chi connectivity index (χ1n) is 2.81. The van der Waals surface area contributed by atoms with Gasteiger partial charge in [-0.15, -0.1) is 0 Å². The molecule has 2 heteroatoms. The molecular formula is C7H4BO. The molecule has 0 saturated carbocycles. The van der Waals surface area contributed by atoms with Crippen molar-refractivity contribution in [1.29, 1.82) is 0 Å². The molecule has 0 fully saturated rings. The number of fused-ring (bicyclic) bond motifs is 1. The third kappa shape index (κ3) is 0.671. The zero-order valence-electron chi connectivity index (χ0n) is 4.79. The summed E-state index contributed by atoms with van der Waals surface area (Å²) < 4.78 is 5.09. The van der Waals surface area contributed by atoms with Crippen molar-refractivity contribution in [3.8, 4) is 0 Å². The molecule has 0 atom stereocenters. The SMILES string of the molecule is b1coc2ccc[c]c12. The molecule has 2 aromatic rings. The van der Waals surface area contributed by atoms with Gasteiger partial charge in [-0.2, -0.15) is 0 Å². The molecule has 0 aliphatic heterocycles. The van der Waals surface area contributed by atoms with Gasteiger partial charge in [0.15, 0.2) is 0 Å². The third-order valence-corrected chi connectivity index (χ3v) is 1.28. The number of rotatable bonds is 0. The summed E-state index contributed by atoms with van der Waals surface area (Å²) in [6.45, 7) is 1.90. The van der Waals surface area contributed by atoms with E-state index in [1.165, 1.54) is 0 Å². The van der Waals surface area contributed by atoms with Crippen molar-refractivity contribution in [2.75, 3.05) is 0 Å². The zero-order valence-corrected chi connectivity index (χ0v) is 4.79. The van der Waals surface area contributed by atoms with Crippen LogP contribution in [0.4, 0.5) is 0 Å². The Morgan fingerprint density at radius 1 is 1.56 bits per heavy atom. The Bertz CT molecular complexity index is 283. The van der Waals surface area contributed by atoms with Crippen molar-refractivity contribution < 1.29 is 4.42 Å². The Hall–Kier alpha value is -1.05. The van der Waals surface area contributed by atoms with Gasteiger partial charge in [0.2, 0.25) is 0 Å². The summed E-state index contributed by atoms with van der Waals surface area (Å²) in [5.74, 6) is 0. The maximum absolute atomic E-state index is 5.09. The number of hydrogen-bond donors (Lipinski definition) is 0. The van der Waals surface area contributed by atoms with Crippen LogP contribution >= 0.6 is 0 Å². The van der Waals surface area contributed by atoms with Crippen LogP contribution in [0.15, 0.2) is 28.8 Å². The molecule has 1 heterocycles. The summed E-state index contributed by atoms with van der Waals surface area (Å²) >= 11 is 0. The average Bonchev–Trinajstić information content (AvgIpc) is 2.33. The van der Waals surface area contributed by atoms with Crippen LogP contribution in [0.2, 0.25) is 0 Å². The van der Waals surface area contributed by atoms with Gasteiger partial charge in [-0.3, -0.25) is 0 Å². The van der Waals surface area contributed by atoms with E-state index in [9.17, 15) is 0 Å². The summed E-state index contributed by atoms with van der Waals surface area (Å²) in [5.41, 5.74) is 0.900. The molecule has 1 aromatic heterocycles. The Labute approximate surface area is 53.5 Å². The van der Waals surface area contributed by atoms with Gasteiger partial charge in [-0.25, -0.2) is 0 Å². The molecule has 0 spiro atoms. The van der Waals surface area contributed by atoms with Crippen molar-refractivity contribution in [3.05, 3.63) is 30.4 Å². The predicted molar refractivity (Wildman–Crippen MR) is 36.4 cm³/mol. The van der Waals surface area contributed by atoms with Gasteiger partial charge in [0.1, 0.15) is 0 Å². The van der Waals surface area contributed by atoms with E-state index in [1.54, 1.807) is 6.16 Å². The summed E-state index contributed by atoms with van der Waals surface area (Å²) in [5, 5.41) is 1.04. The third-order valence-electron chi connectivity index (χ3n) is 1.28. The fraction of sp³-hybridized carbons (Fsp3) is 0. The van der Waals surface area contributed by atoms with Crippen LogP contribution in [-0.4, -0.2) is 6.91 Å². The van der Waals surface area contributed by atoms with E-state index in [4.69, 9.17) is 4.42 Å². The molecule has 41 valence electrons. The molecular weight excluding hydrogens is 111 g/mol. The maximum atomic E-state index is 5.09. The fourth-order valence-electron chi connectivity index (χ4n) is 0.843. The first kappa shape index (κ1) is 4.80. The van der Waals surface area contributed by atoms with Gasteiger partial charge in [0.25, 0.3) is 0 Å². The van der Waals surface area contributed by atoms with Gasteiger partial charge < -0.3 is 0 Å². The van der Waals surface area contributed by atoms with Crippen LogP contribution in [0.1, 0.15) is 0 Å². The van der Waals surface area contributed by atoms with E-state index >= 15 is 0 Å². The Balaban J connectivity index is 2.95. The van der Waals surface area contributed by atoms with E-state index in [0.717, 1.165) is 10.9 Å².